The second kappa shape index (κ2) is 7.65. The second-order valence-electron chi connectivity index (χ2n) is 6.25. The van der Waals surface area contributed by atoms with Crippen LogP contribution in [0.1, 0.15) is 11.1 Å². The zero-order chi connectivity index (χ0) is 20.4. The zero-order valence-electron chi connectivity index (χ0n) is 15.3. The van der Waals surface area contributed by atoms with E-state index in [-0.39, 0.29) is 21.2 Å². The standard InChI is InChI=1S/C20H18N2O4S2/c1-15-7-11-17(12-8-15)27(23,24)21-19-5-3-4-6-20(19)22-28(25,26)18-13-9-16(2)10-14-18/h3-14H,1-2H3/b21-19-,22-20+. The summed E-state index contributed by atoms with van der Waals surface area (Å²) >= 11 is 0. The molecule has 144 valence electrons. The van der Waals surface area contributed by atoms with Crippen molar-refractivity contribution in [3.8, 4) is 0 Å². The highest BCUT2D eigenvalue weighted by Crippen LogP contribution is 2.17. The van der Waals surface area contributed by atoms with Gasteiger partial charge in [-0.3, -0.25) is 0 Å². The van der Waals surface area contributed by atoms with Crippen molar-refractivity contribution in [1.29, 1.82) is 0 Å². The molecule has 0 radical (unpaired) electrons. The Morgan fingerprint density at radius 1 is 0.571 bits per heavy atom. The summed E-state index contributed by atoms with van der Waals surface area (Å²) in [5, 5.41) is 0. The molecule has 6 nitrogen and oxygen atoms in total. The summed E-state index contributed by atoms with van der Waals surface area (Å²) in [5.74, 6) is 0. The predicted molar refractivity (Wildman–Crippen MR) is 110 cm³/mol. The van der Waals surface area contributed by atoms with E-state index in [4.69, 9.17) is 0 Å². The molecule has 0 unspecified atom stereocenters. The molecule has 0 saturated heterocycles. The fourth-order valence-electron chi connectivity index (χ4n) is 2.40. The number of benzene rings is 2. The number of aryl methyl sites for hydroxylation is 2. The van der Waals surface area contributed by atoms with Crippen molar-refractivity contribution >= 4 is 31.5 Å². The van der Waals surface area contributed by atoms with Crippen LogP contribution in [-0.4, -0.2) is 28.3 Å². The summed E-state index contributed by atoms with van der Waals surface area (Å²) in [4.78, 5) is 0.0450. The maximum atomic E-state index is 12.6. The van der Waals surface area contributed by atoms with E-state index < -0.39 is 20.0 Å². The molecule has 8 heteroatoms. The van der Waals surface area contributed by atoms with E-state index in [1.165, 1.54) is 36.4 Å². The first-order valence-corrected chi connectivity index (χ1v) is 11.2. The molecule has 0 spiro atoms. The highest BCUT2D eigenvalue weighted by Gasteiger charge is 2.19. The lowest BCUT2D eigenvalue weighted by Crippen LogP contribution is -2.16. The lowest BCUT2D eigenvalue weighted by atomic mass is 10.1. The van der Waals surface area contributed by atoms with Crippen molar-refractivity contribution in [1.82, 2.24) is 0 Å². The van der Waals surface area contributed by atoms with Gasteiger partial charge in [-0.2, -0.15) is 25.6 Å². The van der Waals surface area contributed by atoms with Gasteiger partial charge in [0.05, 0.1) is 9.79 Å². The van der Waals surface area contributed by atoms with Crippen LogP contribution in [0.3, 0.4) is 0 Å². The van der Waals surface area contributed by atoms with Gasteiger partial charge in [0.15, 0.2) is 0 Å². The molecule has 0 aromatic heterocycles. The minimum absolute atomic E-state index is 0.0225. The molecule has 0 bridgehead atoms. The van der Waals surface area contributed by atoms with Gasteiger partial charge in [-0.15, -0.1) is 0 Å². The van der Waals surface area contributed by atoms with Gasteiger partial charge in [-0.25, -0.2) is 0 Å². The molecule has 3 rings (SSSR count). The Bertz CT molecular complexity index is 1120. The highest BCUT2D eigenvalue weighted by molar-refractivity contribution is 7.91. The second-order valence-corrected chi connectivity index (χ2v) is 9.46. The third kappa shape index (κ3) is 4.52. The van der Waals surface area contributed by atoms with Crippen molar-refractivity contribution < 1.29 is 16.8 Å². The lowest BCUT2D eigenvalue weighted by molar-refractivity contribution is 0.596. The van der Waals surface area contributed by atoms with Crippen LogP contribution >= 0.6 is 0 Å². The molecule has 2 aromatic rings. The summed E-state index contributed by atoms with van der Waals surface area (Å²) in [6.45, 7) is 3.69. The zero-order valence-corrected chi connectivity index (χ0v) is 16.9. The normalized spacial score (nSPS) is 17.4. The van der Waals surface area contributed by atoms with E-state index in [2.05, 4.69) is 8.80 Å². The largest absolute Gasteiger partial charge is 0.282 e. The lowest BCUT2D eigenvalue weighted by Gasteiger charge is -2.07. The Kier molecular flexibility index (Phi) is 5.44. The third-order valence-electron chi connectivity index (χ3n) is 3.96. The van der Waals surface area contributed by atoms with E-state index in [1.807, 2.05) is 13.8 Å². The van der Waals surface area contributed by atoms with Crippen LogP contribution in [0.4, 0.5) is 0 Å². The van der Waals surface area contributed by atoms with Crippen LogP contribution in [0.25, 0.3) is 0 Å². The van der Waals surface area contributed by atoms with E-state index >= 15 is 0 Å². The van der Waals surface area contributed by atoms with Gasteiger partial charge >= 0.3 is 0 Å². The fraction of sp³-hybridized carbons (Fsp3) is 0.100. The summed E-state index contributed by atoms with van der Waals surface area (Å²) in [6.07, 6.45) is 5.96. The molecule has 28 heavy (non-hydrogen) atoms. The van der Waals surface area contributed by atoms with Crippen molar-refractivity contribution in [2.24, 2.45) is 8.80 Å². The van der Waals surface area contributed by atoms with Crippen LogP contribution in [0, 0.1) is 13.8 Å². The molecule has 0 atom stereocenters. The van der Waals surface area contributed by atoms with Crippen molar-refractivity contribution in [2.45, 2.75) is 23.6 Å². The molecule has 0 heterocycles. The van der Waals surface area contributed by atoms with Crippen molar-refractivity contribution in [3.05, 3.63) is 84.0 Å². The van der Waals surface area contributed by atoms with Crippen LogP contribution < -0.4 is 0 Å². The molecule has 0 amide bonds. The van der Waals surface area contributed by atoms with E-state index in [1.54, 1.807) is 36.4 Å². The van der Waals surface area contributed by atoms with Gasteiger partial charge in [0, 0.05) is 0 Å². The Hall–Kier alpha value is -2.84. The number of nitrogens with zero attached hydrogens (tertiary/aromatic N) is 2. The van der Waals surface area contributed by atoms with Gasteiger partial charge in [0.2, 0.25) is 0 Å². The quantitative estimate of drug-likeness (QED) is 0.717. The highest BCUT2D eigenvalue weighted by atomic mass is 32.2. The monoisotopic (exact) mass is 414 g/mol. The predicted octanol–water partition coefficient (Wildman–Crippen LogP) is 3.39. The number of allylic oxidation sites excluding steroid dienone is 4. The summed E-state index contributed by atoms with van der Waals surface area (Å²) in [7, 11) is -8.02. The van der Waals surface area contributed by atoms with Crippen LogP contribution in [0.15, 0.2) is 91.4 Å². The van der Waals surface area contributed by atoms with Crippen LogP contribution in [0.2, 0.25) is 0 Å². The van der Waals surface area contributed by atoms with Crippen LogP contribution in [-0.2, 0) is 20.0 Å². The molecule has 0 N–H and O–H groups in total. The molecule has 0 fully saturated rings. The van der Waals surface area contributed by atoms with E-state index in [0.29, 0.717) is 0 Å². The van der Waals surface area contributed by atoms with Gasteiger partial charge < -0.3 is 0 Å². The van der Waals surface area contributed by atoms with Gasteiger partial charge in [0.25, 0.3) is 20.0 Å². The Morgan fingerprint density at radius 3 is 1.21 bits per heavy atom. The maximum Gasteiger partial charge on any atom is 0.282 e. The molecular weight excluding hydrogens is 396 g/mol. The van der Waals surface area contributed by atoms with E-state index in [9.17, 15) is 16.8 Å². The topological polar surface area (TPSA) is 93.0 Å². The van der Waals surface area contributed by atoms with Gasteiger partial charge in [-0.1, -0.05) is 47.5 Å². The Balaban J connectivity index is 2.03. The molecule has 0 aliphatic heterocycles. The molecule has 1 aliphatic rings. The van der Waals surface area contributed by atoms with Crippen LogP contribution in [0.5, 0.6) is 0 Å². The third-order valence-corrected chi connectivity index (χ3v) is 6.57. The summed E-state index contributed by atoms with van der Waals surface area (Å²) in [5.41, 5.74) is 1.75. The molecular formula is C20H18N2O4S2. The first kappa shape index (κ1) is 19.9. The first-order chi connectivity index (χ1) is 13.2. The minimum Gasteiger partial charge on any atom is -0.199 e. The Morgan fingerprint density at radius 2 is 0.893 bits per heavy atom. The minimum atomic E-state index is -4.01. The number of rotatable bonds is 4. The van der Waals surface area contributed by atoms with Crippen molar-refractivity contribution in [2.75, 3.05) is 0 Å². The Labute approximate surface area is 164 Å². The van der Waals surface area contributed by atoms with Crippen molar-refractivity contribution in [3.63, 3.8) is 0 Å². The number of hydrogen-bond acceptors (Lipinski definition) is 4. The fourth-order valence-corrected chi connectivity index (χ4v) is 4.40. The summed E-state index contributed by atoms with van der Waals surface area (Å²) in [6, 6.07) is 12.5. The van der Waals surface area contributed by atoms with Gasteiger partial charge in [0.1, 0.15) is 11.4 Å². The van der Waals surface area contributed by atoms with E-state index in [0.717, 1.165) is 11.1 Å². The smallest absolute Gasteiger partial charge is 0.199 e. The first-order valence-electron chi connectivity index (χ1n) is 8.36. The summed E-state index contributed by atoms with van der Waals surface area (Å²) < 4.78 is 57.9. The average molecular weight is 415 g/mol. The number of hydrogen-bond donors (Lipinski definition) is 0. The number of sulfonamides is 2. The molecule has 2 aromatic carbocycles. The molecule has 1 aliphatic carbocycles. The maximum absolute atomic E-state index is 12.6. The average Bonchev–Trinajstić information content (AvgIpc) is 2.64. The van der Waals surface area contributed by atoms with Gasteiger partial charge in [-0.05, 0) is 50.3 Å². The SMILES string of the molecule is Cc1ccc(S(=O)(=O)/N=C2/C=CC=C/C2=N\S(=O)(=O)c2ccc(C)cc2)cc1. The molecule has 0 saturated carbocycles.